The standard InChI is InChI=1S/C30H32N4O4S2/c1-5-21-17-22(32-24(6-2)31-21)28-26(19-13-9-7-10-14-19)29(27(28)20-15-11-8-12-16-20)23-18-25(39(3,35)36)34-30(33-23)40(4,37)38/h7-18,26-29H,5-6H2,1-4H3/t26-,27-,28-,29+/m1/s1. The van der Waals surface area contributed by atoms with Crippen molar-refractivity contribution in [1.29, 1.82) is 0 Å². The van der Waals surface area contributed by atoms with Crippen LogP contribution in [0.1, 0.15) is 71.6 Å². The first kappa shape index (κ1) is 28.0. The molecule has 2 aromatic heterocycles. The van der Waals surface area contributed by atoms with Crippen LogP contribution in [0.4, 0.5) is 0 Å². The molecule has 8 nitrogen and oxygen atoms in total. The van der Waals surface area contributed by atoms with Gasteiger partial charge in [0.05, 0.1) is 5.69 Å². The van der Waals surface area contributed by atoms with Gasteiger partial charge in [-0.1, -0.05) is 74.5 Å². The van der Waals surface area contributed by atoms with Gasteiger partial charge in [-0.25, -0.2) is 36.8 Å². The van der Waals surface area contributed by atoms with Gasteiger partial charge in [-0.2, -0.15) is 0 Å². The van der Waals surface area contributed by atoms with E-state index in [1.54, 1.807) is 0 Å². The molecule has 1 fully saturated rings. The molecule has 0 amide bonds. The normalized spacial score (nSPS) is 21.1. The molecule has 1 aliphatic rings. The van der Waals surface area contributed by atoms with Gasteiger partial charge in [0.15, 0.2) is 14.9 Å². The Balaban J connectivity index is 1.79. The zero-order valence-electron chi connectivity index (χ0n) is 22.9. The predicted molar refractivity (Wildman–Crippen MR) is 153 cm³/mol. The van der Waals surface area contributed by atoms with Crippen LogP contribution >= 0.6 is 0 Å². The zero-order valence-corrected chi connectivity index (χ0v) is 24.5. The molecule has 0 spiro atoms. The second-order valence-electron chi connectivity index (χ2n) is 10.3. The summed E-state index contributed by atoms with van der Waals surface area (Å²) in [6, 6.07) is 23.5. The van der Waals surface area contributed by atoms with Crippen LogP contribution in [0.15, 0.2) is 83.0 Å². The smallest absolute Gasteiger partial charge is 0.238 e. The minimum Gasteiger partial charge on any atom is -0.238 e. The fraction of sp³-hybridized carbons (Fsp3) is 0.333. The number of aromatic nitrogens is 4. The third-order valence-corrected chi connectivity index (χ3v) is 9.35. The summed E-state index contributed by atoms with van der Waals surface area (Å²) in [6.45, 7) is 4.10. The second-order valence-corrected chi connectivity index (χ2v) is 14.2. The van der Waals surface area contributed by atoms with Crippen molar-refractivity contribution in [1.82, 2.24) is 19.9 Å². The minimum atomic E-state index is -3.88. The predicted octanol–water partition coefficient (Wildman–Crippen LogP) is 4.65. The Bertz CT molecular complexity index is 1630. The Morgan fingerprint density at radius 1 is 0.600 bits per heavy atom. The van der Waals surface area contributed by atoms with E-state index < -0.39 is 24.8 Å². The highest BCUT2D eigenvalue weighted by molar-refractivity contribution is 7.91. The number of hydrogen-bond acceptors (Lipinski definition) is 8. The Labute approximate surface area is 235 Å². The van der Waals surface area contributed by atoms with Gasteiger partial charge in [-0.15, -0.1) is 0 Å². The van der Waals surface area contributed by atoms with Crippen molar-refractivity contribution in [2.75, 3.05) is 12.5 Å². The average Bonchev–Trinajstić information content (AvgIpc) is 2.92. The molecule has 4 aromatic rings. The number of rotatable bonds is 8. The maximum atomic E-state index is 12.6. The molecule has 0 bridgehead atoms. The quantitative estimate of drug-likeness (QED) is 0.220. The van der Waals surface area contributed by atoms with E-state index in [1.165, 1.54) is 6.07 Å². The summed E-state index contributed by atoms with van der Waals surface area (Å²) in [5.74, 6) is 0.0729. The summed E-state index contributed by atoms with van der Waals surface area (Å²) in [6.07, 6.45) is 3.48. The number of hydrogen-bond donors (Lipinski definition) is 0. The van der Waals surface area contributed by atoms with Crippen molar-refractivity contribution in [3.63, 3.8) is 0 Å². The van der Waals surface area contributed by atoms with Crippen LogP contribution < -0.4 is 0 Å². The Kier molecular flexibility index (Phi) is 7.58. The summed E-state index contributed by atoms with van der Waals surface area (Å²) < 4.78 is 50.4. The second kappa shape index (κ2) is 10.8. The van der Waals surface area contributed by atoms with E-state index in [4.69, 9.17) is 9.97 Å². The van der Waals surface area contributed by atoms with E-state index in [-0.39, 0.29) is 28.7 Å². The zero-order chi connectivity index (χ0) is 28.7. The van der Waals surface area contributed by atoms with Gasteiger partial charge in [0, 0.05) is 54.0 Å². The van der Waals surface area contributed by atoms with Crippen molar-refractivity contribution in [3.8, 4) is 0 Å². The van der Waals surface area contributed by atoms with Crippen molar-refractivity contribution >= 4 is 19.7 Å². The lowest BCUT2D eigenvalue weighted by Crippen LogP contribution is -2.41. The first-order valence-corrected chi connectivity index (χ1v) is 17.0. The number of sulfone groups is 2. The molecular weight excluding hydrogens is 544 g/mol. The van der Waals surface area contributed by atoms with Gasteiger partial charge in [0.25, 0.3) is 0 Å². The summed E-state index contributed by atoms with van der Waals surface area (Å²) in [5.41, 5.74) is 4.35. The highest BCUT2D eigenvalue weighted by Gasteiger charge is 2.54. The van der Waals surface area contributed by atoms with Gasteiger partial charge in [0.1, 0.15) is 5.82 Å². The van der Waals surface area contributed by atoms with Crippen molar-refractivity contribution < 1.29 is 16.8 Å². The minimum absolute atomic E-state index is 0.0771. The third-order valence-electron chi connectivity index (χ3n) is 7.54. The van der Waals surface area contributed by atoms with E-state index >= 15 is 0 Å². The molecule has 2 atom stereocenters. The number of nitrogens with zero attached hydrogens (tertiary/aromatic N) is 4. The highest BCUT2D eigenvalue weighted by Crippen LogP contribution is 2.66. The maximum Gasteiger partial charge on any atom is 0.248 e. The van der Waals surface area contributed by atoms with Gasteiger partial charge >= 0.3 is 0 Å². The molecule has 208 valence electrons. The van der Waals surface area contributed by atoms with E-state index in [9.17, 15) is 16.8 Å². The van der Waals surface area contributed by atoms with Gasteiger partial charge in [0.2, 0.25) is 15.0 Å². The highest BCUT2D eigenvalue weighted by atomic mass is 32.2. The van der Waals surface area contributed by atoms with E-state index in [2.05, 4.69) is 23.0 Å². The van der Waals surface area contributed by atoms with Crippen LogP contribution in [0.5, 0.6) is 0 Å². The molecule has 5 rings (SSSR count). The molecule has 40 heavy (non-hydrogen) atoms. The van der Waals surface area contributed by atoms with Gasteiger partial charge < -0.3 is 0 Å². The molecule has 10 heteroatoms. The van der Waals surface area contributed by atoms with Crippen molar-refractivity contribution in [2.45, 2.75) is 60.5 Å². The van der Waals surface area contributed by atoms with Crippen LogP contribution in [-0.4, -0.2) is 49.3 Å². The van der Waals surface area contributed by atoms with Gasteiger partial charge in [-0.3, -0.25) is 0 Å². The van der Waals surface area contributed by atoms with Crippen molar-refractivity contribution in [3.05, 3.63) is 107 Å². The lowest BCUT2D eigenvalue weighted by atomic mass is 9.50. The molecule has 2 aromatic carbocycles. The number of benzene rings is 2. The maximum absolute atomic E-state index is 12.6. The lowest BCUT2D eigenvalue weighted by Gasteiger charge is -2.52. The average molecular weight is 577 g/mol. The molecule has 0 radical (unpaired) electrons. The summed E-state index contributed by atoms with van der Waals surface area (Å²) in [4.78, 5) is 18.1. The Hall–Kier alpha value is -3.50. The summed E-state index contributed by atoms with van der Waals surface area (Å²) in [5, 5.41) is -0.792. The molecule has 0 N–H and O–H groups in total. The molecule has 1 aliphatic carbocycles. The van der Waals surface area contributed by atoms with Crippen LogP contribution in [0, 0.1) is 0 Å². The first-order chi connectivity index (χ1) is 19.0. The summed E-state index contributed by atoms with van der Waals surface area (Å²) >= 11 is 0. The lowest BCUT2D eigenvalue weighted by molar-refractivity contribution is 0.218. The fourth-order valence-electron chi connectivity index (χ4n) is 5.70. The topological polar surface area (TPSA) is 120 Å². The van der Waals surface area contributed by atoms with E-state index in [1.807, 2.05) is 67.6 Å². The van der Waals surface area contributed by atoms with Crippen LogP contribution in [0.2, 0.25) is 0 Å². The van der Waals surface area contributed by atoms with Crippen LogP contribution in [0.3, 0.4) is 0 Å². The monoisotopic (exact) mass is 576 g/mol. The molecule has 0 saturated heterocycles. The third kappa shape index (κ3) is 5.42. The molecule has 0 unspecified atom stereocenters. The molecule has 0 aliphatic heterocycles. The first-order valence-electron chi connectivity index (χ1n) is 13.3. The van der Waals surface area contributed by atoms with E-state index in [0.717, 1.165) is 47.3 Å². The van der Waals surface area contributed by atoms with E-state index in [0.29, 0.717) is 12.1 Å². The van der Waals surface area contributed by atoms with Crippen LogP contribution in [-0.2, 0) is 32.5 Å². The van der Waals surface area contributed by atoms with Crippen molar-refractivity contribution in [2.24, 2.45) is 0 Å². The number of aryl methyl sites for hydroxylation is 2. The fourth-order valence-corrected chi connectivity index (χ4v) is 6.88. The summed E-state index contributed by atoms with van der Waals surface area (Å²) in [7, 11) is -7.69. The van der Waals surface area contributed by atoms with Gasteiger partial charge in [-0.05, 0) is 29.7 Å². The largest absolute Gasteiger partial charge is 0.248 e. The molecule has 1 saturated carbocycles. The Morgan fingerprint density at radius 3 is 1.57 bits per heavy atom. The Morgan fingerprint density at radius 2 is 1.12 bits per heavy atom. The SMILES string of the molecule is CCc1cc([C@H]2[C@@H](c3ccccc3)[C@@H](c3cc(S(C)(=O)=O)nc(S(C)(=O)=O)n3)[C@@H]2c2ccccc2)nc(CC)n1. The van der Waals surface area contributed by atoms with Crippen LogP contribution in [0.25, 0.3) is 0 Å². The molecular formula is C30H32N4O4S2. The molecule has 2 heterocycles.